The van der Waals surface area contributed by atoms with Crippen molar-refractivity contribution in [1.29, 1.82) is 0 Å². The number of likely N-dealkylation sites (tertiary alicyclic amines) is 1. The molecule has 1 aromatic rings. The van der Waals surface area contributed by atoms with E-state index in [1.807, 2.05) is 12.1 Å². The van der Waals surface area contributed by atoms with Gasteiger partial charge >= 0.3 is 0 Å². The van der Waals surface area contributed by atoms with E-state index in [1.165, 1.54) is 0 Å². The predicted molar refractivity (Wildman–Crippen MR) is 85.6 cm³/mol. The third-order valence-electron chi connectivity index (χ3n) is 3.82. The van der Waals surface area contributed by atoms with E-state index in [0.29, 0.717) is 0 Å². The molecule has 106 valence electrons. The second-order valence-corrected chi connectivity index (χ2v) is 7.60. The van der Waals surface area contributed by atoms with Crippen molar-refractivity contribution in [3.63, 3.8) is 0 Å². The molecule has 0 spiro atoms. The second-order valence-electron chi connectivity index (χ2n) is 6.28. The fraction of sp³-hybridized carbons (Fsp3) is 0.600. The summed E-state index contributed by atoms with van der Waals surface area (Å²) < 4.78 is 1.05. The molecule has 2 N–H and O–H groups in total. The summed E-state index contributed by atoms with van der Waals surface area (Å²) in [6.07, 6.45) is 2.21. The summed E-state index contributed by atoms with van der Waals surface area (Å²) in [7, 11) is 0. The Kier molecular flexibility index (Phi) is 4.61. The average Bonchev–Trinajstić information content (AvgIpc) is 2.31. The van der Waals surface area contributed by atoms with Crippen LogP contribution in [0.2, 0.25) is 5.02 Å². The quantitative estimate of drug-likeness (QED) is 0.819. The van der Waals surface area contributed by atoms with Crippen molar-refractivity contribution in [2.75, 3.05) is 6.54 Å². The molecule has 0 aromatic heterocycles. The van der Waals surface area contributed by atoms with Crippen molar-refractivity contribution in [3.8, 4) is 0 Å². The molecule has 0 saturated carbocycles. The Labute approximate surface area is 129 Å². The van der Waals surface area contributed by atoms with Crippen molar-refractivity contribution in [2.24, 2.45) is 5.73 Å². The van der Waals surface area contributed by atoms with E-state index in [0.717, 1.165) is 34.4 Å². The largest absolute Gasteiger partial charge is 0.326 e. The van der Waals surface area contributed by atoms with Gasteiger partial charge in [0.05, 0.1) is 6.04 Å². The van der Waals surface area contributed by atoms with Gasteiger partial charge in [0.25, 0.3) is 0 Å². The Bertz CT molecular complexity index is 456. The first kappa shape index (κ1) is 15.3. The van der Waals surface area contributed by atoms with Crippen LogP contribution in [0, 0.1) is 0 Å². The standard InChI is InChI=1S/C15H22BrClN2/c1-15(2,3)19-8-4-5-13(18)14(19)11-9-10(16)6-7-12(11)17/h6-7,9,13-14H,4-5,8,18H2,1-3H3. The molecule has 1 fully saturated rings. The highest BCUT2D eigenvalue weighted by Gasteiger charge is 2.37. The van der Waals surface area contributed by atoms with Gasteiger partial charge < -0.3 is 5.73 Å². The minimum Gasteiger partial charge on any atom is -0.326 e. The number of nitrogens with zero attached hydrogens (tertiary/aromatic N) is 1. The van der Waals surface area contributed by atoms with Gasteiger partial charge in [-0.1, -0.05) is 27.5 Å². The molecule has 0 amide bonds. The van der Waals surface area contributed by atoms with Crippen LogP contribution in [-0.2, 0) is 0 Å². The third kappa shape index (κ3) is 3.33. The molecule has 1 saturated heterocycles. The van der Waals surface area contributed by atoms with Crippen molar-refractivity contribution in [1.82, 2.24) is 4.90 Å². The Balaban J connectivity index is 2.45. The smallest absolute Gasteiger partial charge is 0.0519 e. The van der Waals surface area contributed by atoms with E-state index in [9.17, 15) is 0 Å². The molecule has 19 heavy (non-hydrogen) atoms. The number of halogens is 2. The summed E-state index contributed by atoms with van der Waals surface area (Å²) in [4.78, 5) is 2.48. The van der Waals surface area contributed by atoms with Crippen molar-refractivity contribution >= 4 is 27.5 Å². The third-order valence-corrected chi connectivity index (χ3v) is 4.65. The lowest BCUT2D eigenvalue weighted by molar-refractivity contribution is 0.0384. The number of benzene rings is 1. The van der Waals surface area contributed by atoms with Crippen LogP contribution in [-0.4, -0.2) is 23.0 Å². The number of piperidine rings is 1. The molecular weight excluding hydrogens is 324 g/mol. The molecule has 2 rings (SSSR count). The molecule has 0 aliphatic carbocycles. The van der Waals surface area contributed by atoms with Crippen LogP contribution < -0.4 is 5.73 Å². The SMILES string of the molecule is CC(C)(C)N1CCCC(N)C1c1cc(Br)ccc1Cl. The summed E-state index contributed by atoms with van der Waals surface area (Å²) in [6, 6.07) is 6.36. The molecule has 1 heterocycles. The normalized spacial score (nSPS) is 25.6. The van der Waals surface area contributed by atoms with E-state index < -0.39 is 0 Å². The zero-order chi connectivity index (χ0) is 14.2. The van der Waals surface area contributed by atoms with Crippen molar-refractivity contribution in [2.45, 2.75) is 51.2 Å². The van der Waals surface area contributed by atoms with Gasteiger partial charge in [-0.2, -0.15) is 0 Å². The van der Waals surface area contributed by atoms with Gasteiger partial charge in [0.15, 0.2) is 0 Å². The number of rotatable bonds is 1. The maximum absolute atomic E-state index is 6.41. The van der Waals surface area contributed by atoms with Gasteiger partial charge in [0, 0.05) is 21.1 Å². The van der Waals surface area contributed by atoms with E-state index in [4.69, 9.17) is 17.3 Å². The fourth-order valence-electron chi connectivity index (χ4n) is 2.92. The first-order valence-electron chi connectivity index (χ1n) is 6.78. The summed E-state index contributed by atoms with van der Waals surface area (Å²) in [5.74, 6) is 0. The Hall–Kier alpha value is -0.0900. The van der Waals surface area contributed by atoms with Crippen LogP contribution in [0.1, 0.15) is 45.2 Å². The number of hydrogen-bond donors (Lipinski definition) is 1. The molecule has 1 aliphatic heterocycles. The van der Waals surface area contributed by atoms with Gasteiger partial charge in [-0.15, -0.1) is 0 Å². The first-order valence-corrected chi connectivity index (χ1v) is 7.95. The predicted octanol–water partition coefficient (Wildman–Crippen LogP) is 4.37. The monoisotopic (exact) mass is 344 g/mol. The number of nitrogens with two attached hydrogens (primary N) is 1. The molecule has 0 bridgehead atoms. The lowest BCUT2D eigenvalue weighted by Crippen LogP contribution is -2.53. The van der Waals surface area contributed by atoms with Crippen molar-refractivity contribution < 1.29 is 0 Å². The highest BCUT2D eigenvalue weighted by molar-refractivity contribution is 9.10. The van der Waals surface area contributed by atoms with E-state index in [-0.39, 0.29) is 17.6 Å². The van der Waals surface area contributed by atoms with E-state index in [2.05, 4.69) is 47.7 Å². The minimum atomic E-state index is 0.0916. The van der Waals surface area contributed by atoms with Crippen LogP contribution in [0.25, 0.3) is 0 Å². The average molecular weight is 346 g/mol. The highest BCUT2D eigenvalue weighted by Crippen LogP contribution is 2.39. The fourth-order valence-corrected chi connectivity index (χ4v) is 3.53. The molecule has 2 atom stereocenters. The maximum Gasteiger partial charge on any atom is 0.0519 e. The van der Waals surface area contributed by atoms with Gasteiger partial charge in [0.2, 0.25) is 0 Å². The van der Waals surface area contributed by atoms with Gasteiger partial charge in [-0.25, -0.2) is 0 Å². The van der Waals surface area contributed by atoms with Crippen LogP contribution >= 0.6 is 27.5 Å². The Morgan fingerprint density at radius 2 is 2.05 bits per heavy atom. The molecule has 2 nitrogen and oxygen atoms in total. The van der Waals surface area contributed by atoms with Crippen LogP contribution in [0.4, 0.5) is 0 Å². The summed E-state index contributed by atoms with van der Waals surface area (Å²) >= 11 is 9.94. The Morgan fingerprint density at radius 3 is 2.68 bits per heavy atom. The molecule has 4 heteroatoms. The van der Waals surface area contributed by atoms with E-state index in [1.54, 1.807) is 0 Å². The van der Waals surface area contributed by atoms with Gasteiger partial charge in [0.1, 0.15) is 0 Å². The van der Waals surface area contributed by atoms with Gasteiger partial charge in [-0.05, 0) is 63.9 Å². The lowest BCUT2D eigenvalue weighted by atomic mass is 9.87. The lowest BCUT2D eigenvalue weighted by Gasteiger charge is -2.47. The zero-order valence-electron chi connectivity index (χ0n) is 11.8. The van der Waals surface area contributed by atoms with Crippen molar-refractivity contribution in [3.05, 3.63) is 33.3 Å². The van der Waals surface area contributed by atoms with Crippen LogP contribution in [0.15, 0.2) is 22.7 Å². The Morgan fingerprint density at radius 1 is 1.37 bits per heavy atom. The van der Waals surface area contributed by atoms with Gasteiger partial charge in [-0.3, -0.25) is 4.90 Å². The van der Waals surface area contributed by atoms with E-state index >= 15 is 0 Å². The topological polar surface area (TPSA) is 29.3 Å². The van der Waals surface area contributed by atoms with Crippen LogP contribution in [0.5, 0.6) is 0 Å². The second kappa shape index (κ2) is 5.72. The molecule has 2 unspecified atom stereocenters. The molecule has 1 aliphatic rings. The summed E-state index contributed by atoms with van der Waals surface area (Å²) in [5, 5.41) is 0.805. The molecular formula is C15H22BrClN2. The molecule has 1 aromatic carbocycles. The summed E-state index contributed by atoms with van der Waals surface area (Å²) in [5.41, 5.74) is 7.63. The molecule has 0 radical (unpaired) electrons. The zero-order valence-corrected chi connectivity index (χ0v) is 14.1. The number of hydrogen-bond acceptors (Lipinski definition) is 2. The minimum absolute atomic E-state index is 0.0916. The summed E-state index contributed by atoms with van der Waals surface area (Å²) in [6.45, 7) is 7.79. The van der Waals surface area contributed by atoms with Crippen LogP contribution in [0.3, 0.4) is 0 Å². The highest BCUT2D eigenvalue weighted by atomic mass is 79.9. The first-order chi connectivity index (χ1) is 8.80. The maximum atomic E-state index is 6.41.